The molecule has 66 heavy (non-hydrogen) atoms. The van der Waals surface area contributed by atoms with Crippen LogP contribution in [0.5, 0.6) is 0 Å². The van der Waals surface area contributed by atoms with E-state index < -0.39 is 0 Å². The lowest BCUT2D eigenvalue weighted by atomic mass is 10.0. The van der Waals surface area contributed by atoms with Gasteiger partial charge in [0.1, 0.15) is 17.0 Å². The molecule has 0 fully saturated rings. The highest BCUT2D eigenvalue weighted by atomic mass is 16.3. The Morgan fingerprint density at radius 1 is 0.273 bits per heavy atom. The van der Waals surface area contributed by atoms with Crippen LogP contribution < -0.4 is 0 Å². The van der Waals surface area contributed by atoms with Crippen molar-refractivity contribution in [2.45, 2.75) is 0 Å². The average molecular weight is 843 g/mol. The first-order chi connectivity index (χ1) is 32.7. The Bertz CT molecular complexity index is 4020. The summed E-state index contributed by atoms with van der Waals surface area (Å²) in [6.45, 7) is 0. The summed E-state index contributed by atoms with van der Waals surface area (Å²) in [6.07, 6.45) is 0. The van der Waals surface area contributed by atoms with Crippen LogP contribution in [0.2, 0.25) is 0 Å². The van der Waals surface area contributed by atoms with Gasteiger partial charge in [0.2, 0.25) is 0 Å². The molecular weight excluding hydrogens is 805 g/mol. The topological polar surface area (TPSA) is 40.8 Å². The number of para-hydroxylation sites is 7. The predicted octanol–water partition coefficient (Wildman–Crippen LogP) is 16.1. The number of furan rings is 1. The largest absolute Gasteiger partial charge is 0.456 e. The van der Waals surface area contributed by atoms with E-state index in [4.69, 9.17) is 9.40 Å². The second-order valence-corrected chi connectivity index (χ2v) is 17.2. The molecule has 0 N–H and O–H groups in total. The summed E-state index contributed by atoms with van der Waals surface area (Å²) in [4.78, 5) is 5.33. The van der Waals surface area contributed by atoms with Gasteiger partial charge in [-0.3, -0.25) is 4.57 Å². The average Bonchev–Trinajstić information content (AvgIpc) is 4.14. The Hall–Kier alpha value is -8.93. The molecule has 0 unspecified atom stereocenters. The van der Waals surface area contributed by atoms with Crippen LogP contribution >= 0.6 is 0 Å². The summed E-state index contributed by atoms with van der Waals surface area (Å²) in [6, 6.07) is 82.9. The molecule has 0 aliphatic heterocycles. The van der Waals surface area contributed by atoms with Crippen molar-refractivity contribution in [2.75, 3.05) is 0 Å². The van der Waals surface area contributed by atoms with E-state index in [-0.39, 0.29) is 0 Å². The molecule has 4 heterocycles. The molecule has 14 aromatic rings. The molecule has 10 aromatic carbocycles. The van der Waals surface area contributed by atoms with Crippen LogP contribution in [0.4, 0.5) is 0 Å². The third-order valence-corrected chi connectivity index (χ3v) is 13.4. The standard InChI is InChI=1S/C61H38N4O/c1-7-25-54-47(19-1)48-20-2-8-26-55(48)63(54)45-35-43(36-46(38-45)64-56-27-9-3-21-49(56)50-22-4-10-28-57(50)64)40-16-14-18-44(34-40)65-58-29-11-6-24-53(58)62-61(65)42-17-13-15-39(33-42)41-31-32-60-52(37-41)51-23-5-12-30-59(51)66-60/h1-38H. The van der Waals surface area contributed by atoms with Gasteiger partial charge in [0.05, 0.1) is 33.1 Å². The highest BCUT2D eigenvalue weighted by molar-refractivity contribution is 6.11. The van der Waals surface area contributed by atoms with E-state index in [1.54, 1.807) is 0 Å². The summed E-state index contributed by atoms with van der Waals surface area (Å²) in [5, 5.41) is 7.17. The molecule has 0 spiro atoms. The molecule has 5 heteroatoms. The van der Waals surface area contributed by atoms with Crippen molar-refractivity contribution in [1.29, 1.82) is 0 Å². The maximum absolute atomic E-state index is 6.18. The predicted molar refractivity (Wildman–Crippen MR) is 273 cm³/mol. The highest BCUT2D eigenvalue weighted by Crippen LogP contribution is 2.40. The molecule has 0 radical (unpaired) electrons. The molecule has 14 rings (SSSR count). The maximum Gasteiger partial charge on any atom is 0.145 e. The maximum atomic E-state index is 6.18. The lowest BCUT2D eigenvalue weighted by Gasteiger charge is -2.17. The number of hydrogen-bond acceptors (Lipinski definition) is 2. The van der Waals surface area contributed by atoms with E-state index in [0.29, 0.717) is 0 Å². The molecule has 0 aliphatic carbocycles. The molecule has 5 nitrogen and oxygen atoms in total. The molecule has 0 bridgehead atoms. The van der Waals surface area contributed by atoms with Gasteiger partial charge in [-0.05, 0) is 113 Å². The number of hydrogen-bond donors (Lipinski definition) is 0. The van der Waals surface area contributed by atoms with Gasteiger partial charge in [-0.1, -0.05) is 140 Å². The van der Waals surface area contributed by atoms with Crippen LogP contribution in [0, 0.1) is 0 Å². The second-order valence-electron chi connectivity index (χ2n) is 17.2. The lowest BCUT2D eigenvalue weighted by molar-refractivity contribution is 0.669. The molecule has 0 aliphatic rings. The molecule has 4 aromatic heterocycles. The van der Waals surface area contributed by atoms with Crippen LogP contribution in [0.3, 0.4) is 0 Å². The Morgan fingerprint density at radius 3 is 1.38 bits per heavy atom. The van der Waals surface area contributed by atoms with Gasteiger partial charge in [0.15, 0.2) is 0 Å². The fraction of sp³-hybridized carbons (Fsp3) is 0. The minimum absolute atomic E-state index is 0.884. The van der Waals surface area contributed by atoms with Crippen LogP contribution in [-0.2, 0) is 0 Å². The van der Waals surface area contributed by atoms with E-state index in [1.807, 2.05) is 12.1 Å². The lowest BCUT2D eigenvalue weighted by Crippen LogP contribution is -2.01. The zero-order valence-corrected chi connectivity index (χ0v) is 35.6. The molecule has 0 saturated heterocycles. The Labute approximate surface area is 379 Å². The number of rotatable bonds is 6. The van der Waals surface area contributed by atoms with Gasteiger partial charge >= 0.3 is 0 Å². The molecular formula is C61H38N4O. The monoisotopic (exact) mass is 842 g/mol. The van der Waals surface area contributed by atoms with Gasteiger partial charge in [0, 0.05) is 54.9 Å². The van der Waals surface area contributed by atoms with Crippen molar-refractivity contribution in [3.8, 4) is 50.7 Å². The first-order valence-corrected chi connectivity index (χ1v) is 22.4. The zero-order valence-electron chi connectivity index (χ0n) is 35.6. The fourth-order valence-electron chi connectivity index (χ4n) is 10.5. The number of aromatic nitrogens is 4. The van der Waals surface area contributed by atoms with Gasteiger partial charge in [0.25, 0.3) is 0 Å². The summed E-state index contributed by atoms with van der Waals surface area (Å²) in [5.41, 5.74) is 17.2. The molecule has 0 amide bonds. The van der Waals surface area contributed by atoms with Gasteiger partial charge in [-0.2, -0.15) is 0 Å². The van der Waals surface area contributed by atoms with E-state index >= 15 is 0 Å². The molecule has 0 saturated carbocycles. The Kier molecular flexibility index (Phi) is 7.91. The fourth-order valence-corrected chi connectivity index (χ4v) is 10.5. The normalized spacial score (nSPS) is 11.9. The van der Waals surface area contributed by atoms with Crippen molar-refractivity contribution < 1.29 is 4.42 Å². The Morgan fingerprint density at radius 2 is 0.742 bits per heavy atom. The van der Waals surface area contributed by atoms with Crippen LogP contribution in [0.25, 0.3) is 127 Å². The van der Waals surface area contributed by atoms with Crippen LogP contribution in [0.15, 0.2) is 235 Å². The number of nitrogens with zero attached hydrogens (tertiary/aromatic N) is 4. The van der Waals surface area contributed by atoms with Crippen LogP contribution in [-0.4, -0.2) is 18.7 Å². The number of imidazole rings is 1. The van der Waals surface area contributed by atoms with Crippen molar-refractivity contribution in [2.24, 2.45) is 0 Å². The molecule has 0 atom stereocenters. The smallest absolute Gasteiger partial charge is 0.145 e. The minimum Gasteiger partial charge on any atom is -0.456 e. The third-order valence-electron chi connectivity index (χ3n) is 13.4. The first kappa shape index (κ1) is 36.5. The van der Waals surface area contributed by atoms with Gasteiger partial charge < -0.3 is 13.6 Å². The van der Waals surface area contributed by atoms with E-state index in [1.165, 1.54) is 43.6 Å². The Balaban J connectivity index is 0.967. The SMILES string of the molecule is c1cc(-c2ccc3oc4ccccc4c3c2)cc(-c2nc3ccccc3n2-c2cccc(-c3cc(-n4c5ccccc5c5ccccc54)cc(-n4c5ccccc5c5ccccc54)c3)c2)c1. The minimum atomic E-state index is 0.884. The number of fused-ring (bicyclic) bond motifs is 10. The third kappa shape index (κ3) is 5.57. The summed E-state index contributed by atoms with van der Waals surface area (Å²) < 4.78 is 13.3. The zero-order chi connectivity index (χ0) is 43.3. The first-order valence-electron chi connectivity index (χ1n) is 22.4. The van der Waals surface area contributed by atoms with E-state index in [9.17, 15) is 0 Å². The highest BCUT2D eigenvalue weighted by Gasteiger charge is 2.20. The van der Waals surface area contributed by atoms with E-state index in [2.05, 4.69) is 232 Å². The summed E-state index contributed by atoms with van der Waals surface area (Å²) >= 11 is 0. The second kappa shape index (κ2) is 14.3. The summed E-state index contributed by atoms with van der Waals surface area (Å²) in [7, 11) is 0. The van der Waals surface area contributed by atoms with Crippen molar-refractivity contribution in [3.05, 3.63) is 231 Å². The van der Waals surface area contributed by atoms with Gasteiger partial charge in [-0.25, -0.2) is 4.98 Å². The van der Waals surface area contributed by atoms with Crippen LogP contribution in [0.1, 0.15) is 0 Å². The van der Waals surface area contributed by atoms with Crippen molar-refractivity contribution >= 4 is 76.6 Å². The van der Waals surface area contributed by atoms with Crippen molar-refractivity contribution in [3.63, 3.8) is 0 Å². The van der Waals surface area contributed by atoms with E-state index in [0.717, 1.165) is 83.7 Å². The van der Waals surface area contributed by atoms with Gasteiger partial charge in [-0.15, -0.1) is 0 Å². The number of benzene rings is 10. The molecule has 308 valence electrons. The van der Waals surface area contributed by atoms with Crippen molar-refractivity contribution in [1.82, 2.24) is 18.7 Å². The summed E-state index contributed by atoms with van der Waals surface area (Å²) in [5.74, 6) is 0.884. The quantitative estimate of drug-likeness (QED) is 0.167.